The first-order chi connectivity index (χ1) is 16.9. The Bertz CT molecular complexity index is 1140. The van der Waals surface area contributed by atoms with Crippen LogP contribution in [-0.4, -0.2) is 63.7 Å². The van der Waals surface area contributed by atoms with Gasteiger partial charge in [-0.3, -0.25) is 14.9 Å². The Balaban J connectivity index is 1.35. The molecule has 2 aromatic heterocycles. The monoisotopic (exact) mass is 500 g/mol. The van der Waals surface area contributed by atoms with Gasteiger partial charge in [0.1, 0.15) is 11.9 Å². The van der Waals surface area contributed by atoms with Crippen LogP contribution in [0.1, 0.15) is 43.1 Å². The van der Waals surface area contributed by atoms with Crippen LogP contribution >= 0.6 is 11.8 Å². The molecule has 4 rings (SSSR count). The highest BCUT2D eigenvalue weighted by molar-refractivity contribution is 7.99. The summed E-state index contributed by atoms with van der Waals surface area (Å²) in [6.07, 6.45) is 4.41. The second-order valence-electron chi connectivity index (χ2n) is 9.24. The maximum atomic E-state index is 15.4. The zero-order valence-electron chi connectivity index (χ0n) is 20.2. The number of carboxylic acids is 1. The van der Waals surface area contributed by atoms with Crippen LogP contribution in [0.5, 0.6) is 5.75 Å². The van der Waals surface area contributed by atoms with Crippen molar-refractivity contribution in [1.82, 2.24) is 20.1 Å². The number of carboxylic acid groups (broad SMARTS) is 1. The lowest BCUT2D eigenvalue weighted by atomic mass is 9.79. The number of rotatable bonds is 11. The van der Waals surface area contributed by atoms with E-state index in [9.17, 15) is 9.90 Å². The molecule has 35 heavy (non-hydrogen) atoms. The molecule has 3 atom stereocenters. The number of aryl methyl sites for hydroxylation is 1. The number of hydrogen-bond acceptors (Lipinski definition) is 6. The number of aliphatic carboxylic acids is 1. The summed E-state index contributed by atoms with van der Waals surface area (Å²) < 4.78 is 20.8. The fourth-order valence-electron chi connectivity index (χ4n) is 5.03. The number of hydrogen-bond donors (Lipinski definition) is 2. The van der Waals surface area contributed by atoms with Gasteiger partial charge in [0.25, 0.3) is 0 Å². The van der Waals surface area contributed by atoms with Gasteiger partial charge in [-0.15, -0.1) is 11.8 Å². The number of benzene rings is 1. The van der Waals surface area contributed by atoms with E-state index < -0.39 is 12.1 Å². The fraction of sp³-hybridized carbons (Fsp3) is 0.500. The number of fused-ring (bicyclic) bond motifs is 1. The first-order valence-corrected chi connectivity index (χ1v) is 13.1. The number of aromatic amines is 1. The molecule has 1 unspecified atom stereocenters. The molecule has 188 valence electrons. The number of methoxy groups -OCH3 is 1. The van der Waals surface area contributed by atoms with E-state index in [0.29, 0.717) is 24.2 Å². The number of alkyl halides is 1. The Hall–Kier alpha value is -2.65. The minimum absolute atomic E-state index is 0.0309. The first-order valence-electron chi connectivity index (χ1n) is 12.1. The Morgan fingerprint density at radius 1 is 1.37 bits per heavy atom. The van der Waals surface area contributed by atoms with Crippen LogP contribution in [0, 0.1) is 18.8 Å². The molecule has 0 amide bonds. The summed E-state index contributed by atoms with van der Waals surface area (Å²) in [7, 11) is 1.59. The molecule has 3 heterocycles. The zero-order valence-corrected chi connectivity index (χ0v) is 21.1. The Morgan fingerprint density at radius 2 is 2.23 bits per heavy atom. The molecule has 0 saturated carbocycles. The van der Waals surface area contributed by atoms with E-state index in [1.54, 1.807) is 31.1 Å². The second kappa shape index (κ2) is 11.9. The van der Waals surface area contributed by atoms with Crippen molar-refractivity contribution in [3.63, 3.8) is 0 Å². The lowest BCUT2D eigenvalue weighted by Crippen LogP contribution is -2.42. The number of carbonyl (C=O) groups is 1. The fourth-order valence-corrected chi connectivity index (χ4v) is 5.99. The zero-order chi connectivity index (χ0) is 24.8. The minimum atomic E-state index is -1.13. The van der Waals surface area contributed by atoms with Gasteiger partial charge in [-0.25, -0.2) is 4.39 Å². The van der Waals surface area contributed by atoms with Gasteiger partial charge in [0.15, 0.2) is 0 Å². The third-order valence-corrected chi connectivity index (χ3v) is 8.08. The second-order valence-corrected chi connectivity index (χ2v) is 10.4. The first kappa shape index (κ1) is 25.4. The van der Waals surface area contributed by atoms with E-state index in [2.05, 4.69) is 20.1 Å². The topological polar surface area (TPSA) is 91.3 Å². The van der Waals surface area contributed by atoms with E-state index in [1.165, 1.54) is 0 Å². The number of nitrogens with one attached hydrogen (secondary N) is 1. The largest absolute Gasteiger partial charge is 0.497 e. The standard InChI is InChI=1S/C26H33FN4O3S/c1-17-25(15-29-30-17)35-12-11-31-10-8-18(19(16-31)13-26(32)33)3-5-23(27)21-7-9-28-24-6-4-20(34-2)14-22(21)24/h4,6-7,9,14-15,18-19,23H,3,5,8,10-13,16H2,1-2H3,(H,29,30)(H,32,33)/t18-,19+,23?/m1/s1. The average Bonchev–Trinajstić information content (AvgIpc) is 3.26. The van der Waals surface area contributed by atoms with Gasteiger partial charge in [-0.1, -0.05) is 0 Å². The normalized spacial score (nSPS) is 19.6. The summed E-state index contributed by atoms with van der Waals surface area (Å²) in [5.41, 5.74) is 2.43. The molecule has 1 aliphatic rings. The lowest BCUT2D eigenvalue weighted by Gasteiger charge is -2.38. The number of halogens is 1. The highest BCUT2D eigenvalue weighted by Crippen LogP contribution is 2.36. The number of aromatic nitrogens is 3. The minimum Gasteiger partial charge on any atom is -0.497 e. The lowest BCUT2D eigenvalue weighted by molar-refractivity contribution is -0.139. The summed E-state index contributed by atoms with van der Waals surface area (Å²) in [5, 5.41) is 17.3. The van der Waals surface area contributed by atoms with E-state index >= 15 is 4.39 Å². The van der Waals surface area contributed by atoms with Crippen LogP contribution in [0.3, 0.4) is 0 Å². The van der Waals surface area contributed by atoms with Crippen LogP contribution in [0.15, 0.2) is 41.6 Å². The number of thioether (sulfide) groups is 1. The molecular formula is C26H33FN4O3S. The Morgan fingerprint density at radius 3 is 2.97 bits per heavy atom. The molecule has 0 spiro atoms. The Kier molecular flexibility index (Phi) is 8.62. The van der Waals surface area contributed by atoms with Crippen molar-refractivity contribution in [2.75, 3.05) is 32.5 Å². The predicted octanol–water partition coefficient (Wildman–Crippen LogP) is 5.27. The van der Waals surface area contributed by atoms with Crippen molar-refractivity contribution in [1.29, 1.82) is 0 Å². The number of H-pyrrole nitrogens is 1. The van der Waals surface area contributed by atoms with Gasteiger partial charge in [-0.2, -0.15) is 5.10 Å². The molecule has 1 aromatic carbocycles. The average molecular weight is 501 g/mol. The van der Waals surface area contributed by atoms with Crippen molar-refractivity contribution in [3.8, 4) is 5.75 Å². The molecule has 0 radical (unpaired) electrons. The number of likely N-dealkylation sites (tertiary alicyclic amines) is 1. The molecule has 0 aliphatic carbocycles. The summed E-state index contributed by atoms with van der Waals surface area (Å²) in [6, 6.07) is 7.24. The number of nitrogens with zero attached hydrogens (tertiary/aromatic N) is 3. The molecule has 9 heteroatoms. The predicted molar refractivity (Wildman–Crippen MR) is 136 cm³/mol. The van der Waals surface area contributed by atoms with Crippen LogP contribution < -0.4 is 4.74 Å². The summed E-state index contributed by atoms with van der Waals surface area (Å²) in [4.78, 5) is 19.4. The van der Waals surface area contributed by atoms with Crippen LogP contribution in [-0.2, 0) is 4.79 Å². The highest BCUT2D eigenvalue weighted by Gasteiger charge is 2.31. The van der Waals surface area contributed by atoms with E-state index in [0.717, 1.165) is 53.3 Å². The molecule has 0 bridgehead atoms. The molecule has 1 aliphatic heterocycles. The van der Waals surface area contributed by atoms with E-state index in [1.807, 2.05) is 31.3 Å². The maximum absolute atomic E-state index is 15.4. The van der Waals surface area contributed by atoms with Crippen LogP contribution in [0.4, 0.5) is 4.39 Å². The van der Waals surface area contributed by atoms with Crippen molar-refractivity contribution < 1.29 is 19.0 Å². The van der Waals surface area contributed by atoms with Crippen molar-refractivity contribution in [3.05, 3.63) is 47.9 Å². The van der Waals surface area contributed by atoms with Gasteiger partial charge >= 0.3 is 5.97 Å². The number of piperidine rings is 1. The quantitative estimate of drug-likeness (QED) is 0.347. The molecule has 1 fully saturated rings. The van der Waals surface area contributed by atoms with Crippen molar-refractivity contribution in [2.45, 2.75) is 43.7 Å². The third kappa shape index (κ3) is 6.52. The SMILES string of the molecule is COc1ccc2nccc(C(F)CC[C@@H]3CCN(CCSc4cn[nH]c4C)C[C@@H]3CC(=O)O)c2c1. The molecular weight excluding hydrogens is 467 g/mol. The molecule has 3 aromatic rings. The van der Waals surface area contributed by atoms with Crippen molar-refractivity contribution in [2.24, 2.45) is 11.8 Å². The smallest absolute Gasteiger partial charge is 0.303 e. The van der Waals surface area contributed by atoms with Gasteiger partial charge in [0.05, 0.1) is 18.8 Å². The molecule has 1 saturated heterocycles. The van der Waals surface area contributed by atoms with Gasteiger partial charge in [-0.05, 0) is 74.4 Å². The molecule has 2 N–H and O–H groups in total. The molecule has 7 nitrogen and oxygen atoms in total. The van der Waals surface area contributed by atoms with E-state index in [4.69, 9.17) is 4.74 Å². The summed E-state index contributed by atoms with van der Waals surface area (Å²) in [6.45, 7) is 4.56. The van der Waals surface area contributed by atoms with E-state index in [-0.39, 0.29) is 18.3 Å². The maximum Gasteiger partial charge on any atom is 0.303 e. The van der Waals surface area contributed by atoms with Gasteiger partial charge < -0.3 is 14.7 Å². The van der Waals surface area contributed by atoms with Gasteiger partial charge in [0, 0.05) is 47.4 Å². The third-order valence-electron chi connectivity index (χ3n) is 6.97. The number of ether oxygens (including phenoxy) is 1. The summed E-state index contributed by atoms with van der Waals surface area (Å²) >= 11 is 1.76. The highest BCUT2D eigenvalue weighted by atomic mass is 32.2. The van der Waals surface area contributed by atoms with Crippen molar-refractivity contribution >= 4 is 28.6 Å². The van der Waals surface area contributed by atoms with Crippen LogP contribution in [0.25, 0.3) is 10.9 Å². The Labute approximate surface area is 209 Å². The van der Waals surface area contributed by atoms with Crippen LogP contribution in [0.2, 0.25) is 0 Å². The number of pyridine rings is 1. The summed E-state index contributed by atoms with van der Waals surface area (Å²) in [5.74, 6) is 1.05. The van der Waals surface area contributed by atoms with Gasteiger partial charge in [0.2, 0.25) is 0 Å².